The molecule has 11 heteroatoms. The van der Waals surface area contributed by atoms with Crippen LogP contribution >= 0.6 is 11.8 Å². The zero-order chi connectivity index (χ0) is 34.6. The van der Waals surface area contributed by atoms with Crippen LogP contribution in [0.4, 0.5) is 15.9 Å². The van der Waals surface area contributed by atoms with Crippen LogP contribution in [0.2, 0.25) is 0 Å². The Balaban J connectivity index is 0.000000170. The van der Waals surface area contributed by atoms with Crippen molar-refractivity contribution in [1.82, 2.24) is 29.5 Å². The molecule has 9 nitrogen and oxygen atoms in total. The SMILES string of the molecule is CN(C)CCCN1c2ccccc2Sc2cccnc21.Cc1nc2n(c(=O)c1CCN1CCC(c3noc4cc(F)ccc34)CC1)CCCC2. The Labute approximate surface area is 297 Å². The van der Waals surface area contributed by atoms with Crippen molar-refractivity contribution < 1.29 is 8.91 Å². The summed E-state index contributed by atoms with van der Waals surface area (Å²) < 4.78 is 20.6. The third kappa shape index (κ3) is 7.50. The van der Waals surface area contributed by atoms with E-state index < -0.39 is 0 Å². The van der Waals surface area contributed by atoms with Crippen molar-refractivity contribution in [2.75, 3.05) is 51.7 Å². The van der Waals surface area contributed by atoms with Crippen LogP contribution in [0.1, 0.15) is 60.8 Å². The Morgan fingerprint density at radius 3 is 2.66 bits per heavy atom. The number of anilines is 2. The van der Waals surface area contributed by atoms with Crippen molar-refractivity contribution in [1.29, 1.82) is 0 Å². The standard InChI is InChI=1S/C23H27FN4O2.C16H19N3S/c1-15-18(23(29)28-10-3-2-4-21(28)25-15)9-13-27-11-7-16(8-12-27)22-19-6-5-17(24)14-20(19)30-26-22;1-18(2)11-6-12-19-13-7-3-4-8-14(13)20-15-9-5-10-17-16(15)19/h5-6,14,16H,2-4,7-13H2,1H3;3-5,7-10H,6,11-12H2,1-2H3. The van der Waals surface area contributed by atoms with E-state index in [0.717, 1.165) is 118 Å². The number of hydrogen-bond donors (Lipinski definition) is 0. The molecule has 5 aromatic rings. The number of rotatable bonds is 8. The summed E-state index contributed by atoms with van der Waals surface area (Å²) in [6, 6.07) is 17.4. The fourth-order valence-corrected chi connectivity index (χ4v) is 8.45. The molecule has 2 aromatic carbocycles. The number of hydrogen-bond acceptors (Lipinski definition) is 9. The van der Waals surface area contributed by atoms with E-state index in [-0.39, 0.29) is 11.4 Å². The number of likely N-dealkylation sites (tertiary alicyclic amines) is 1. The summed E-state index contributed by atoms with van der Waals surface area (Å²) in [5.41, 5.74) is 4.66. The summed E-state index contributed by atoms with van der Waals surface area (Å²) in [4.78, 5) is 31.8. The van der Waals surface area contributed by atoms with Crippen molar-refractivity contribution in [3.63, 3.8) is 0 Å². The molecule has 0 amide bonds. The smallest absolute Gasteiger partial charge is 0.256 e. The van der Waals surface area contributed by atoms with Gasteiger partial charge in [0.25, 0.3) is 5.56 Å². The molecule has 3 aromatic heterocycles. The second-order valence-electron chi connectivity index (χ2n) is 13.8. The van der Waals surface area contributed by atoms with Crippen LogP contribution in [0.25, 0.3) is 11.0 Å². The first-order valence-electron chi connectivity index (χ1n) is 17.9. The van der Waals surface area contributed by atoms with Gasteiger partial charge in [-0.15, -0.1) is 0 Å². The topological polar surface area (TPSA) is 83.5 Å². The number of pyridine rings is 1. The predicted octanol–water partition coefficient (Wildman–Crippen LogP) is 7.23. The Bertz CT molecular complexity index is 1960. The fraction of sp³-hybridized carbons (Fsp3) is 0.436. The number of para-hydroxylation sites is 1. The predicted molar refractivity (Wildman–Crippen MR) is 197 cm³/mol. The monoisotopic (exact) mass is 695 g/mol. The summed E-state index contributed by atoms with van der Waals surface area (Å²) in [5, 5.41) is 5.15. The van der Waals surface area contributed by atoms with Crippen molar-refractivity contribution >= 4 is 34.2 Å². The highest BCUT2D eigenvalue weighted by Crippen LogP contribution is 2.46. The van der Waals surface area contributed by atoms with E-state index in [9.17, 15) is 9.18 Å². The van der Waals surface area contributed by atoms with Crippen molar-refractivity contribution in [3.8, 4) is 0 Å². The molecular weight excluding hydrogens is 650 g/mol. The summed E-state index contributed by atoms with van der Waals surface area (Å²) >= 11 is 1.81. The number of halogens is 1. The van der Waals surface area contributed by atoms with E-state index in [1.165, 1.54) is 27.6 Å². The van der Waals surface area contributed by atoms with Gasteiger partial charge in [0.2, 0.25) is 0 Å². The lowest BCUT2D eigenvalue weighted by atomic mass is 9.91. The van der Waals surface area contributed by atoms with Crippen molar-refractivity contribution in [2.45, 2.75) is 74.1 Å². The molecule has 0 bridgehead atoms. The summed E-state index contributed by atoms with van der Waals surface area (Å²) in [6.07, 6.45) is 8.82. The minimum absolute atomic E-state index is 0.161. The highest BCUT2D eigenvalue weighted by Gasteiger charge is 2.26. The van der Waals surface area contributed by atoms with Crippen LogP contribution in [-0.4, -0.2) is 76.3 Å². The van der Waals surface area contributed by atoms with Gasteiger partial charge in [0.05, 0.1) is 16.3 Å². The Morgan fingerprint density at radius 1 is 1.00 bits per heavy atom. The molecule has 0 aliphatic carbocycles. The highest BCUT2D eigenvalue weighted by molar-refractivity contribution is 7.99. The molecule has 6 heterocycles. The average molecular weight is 696 g/mol. The van der Waals surface area contributed by atoms with Crippen LogP contribution in [0.15, 0.2) is 79.9 Å². The lowest BCUT2D eigenvalue weighted by molar-refractivity contribution is 0.211. The van der Waals surface area contributed by atoms with Crippen LogP contribution in [0.3, 0.4) is 0 Å². The first-order valence-corrected chi connectivity index (χ1v) is 18.7. The zero-order valence-electron chi connectivity index (χ0n) is 29.3. The minimum Gasteiger partial charge on any atom is -0.356 e. The number of aromatic nitrogens is 4. The van der Waals surface area contributed by atoms with E-state index in [2.05, 4.69) is 69.3 Å². The molecule has 262 valence electrons. The van der Waals surface area contributed by atoms with E-state index >= 15 is 0 Å². The van der Waals surface area contributed by atoms with Crippen LogP contribution in [-0.2, 0) is 19.4 Å². The molecular formula is C39H46FN7O2S. The molecule has 0 atom stereocenters. The number of benzene rings is 2. The number of fused-ring (bicyclic) bond motifs is 4. The quantitative estimate of drug-likeness (QED) is 0.167. The minimum atomic E-state index is -0.303. The molecule has 50 heavy (non-hydrogen) atoms. The molecule has 0 radical (unpaired) electrons. The molecule has 0 saturated carbocycles. The molecule has 8 rings (SSSR count). The maximum Gasteiger partial charge on any atom is 0.256 e. The fourth-order valence-electron chi connectivity index (χ4n) is 7.38. The average Bonchev–Trinajstić information content (AvgIpc) is 3.54. The molecule has 3 aliphatic heterocycles. The van der Waals surface area contributed by atoms with Gasteiger partial charge in [-0.05, 0) is 116 Å². The van der Waals surface area contributed by atoms with Gasteiger partial charge in [0.15, 0.2) is 5.58 Å². The van der Waals surface area contributed by atoms with Gasteiger partial charge in [-0.2, -0.15) is 0 Å². The van der Waals surface area contributed by atoms with E-state index in [1.807, 2.05) is 35.5 Å². The van der Waals surface area contributed by atoms with E-state index in [1.54, 1.807) is 6.07 Å². The third-order valence-corrected chi connectivity index (χ3v) is 11.2. The molecule has 1 saturated heterocycles. The zero-order valence-corrected chi connectivity index (χ0v) is 30.1. The van der Waals surface area contributed by atoms with Gasteiger partial charge in [-0.3, -0.25) is 9.36 Å². The third-order valence-electron chi connectivity index (χ3n) is 10.1. The van der Waals surface area contributed by atoms with Crippen LogP contribution < -0.4 is 10.5 Å². The van der Waals surface area contributed by atoms with Gasteiger partial charge in [0, 0.05) is 65.8 Å². The van der Waals surface area contributed by atoms with Gasteiger partial charge in [0.1, 0.15) is 17.5 Å². The lowest BCUT2D eigenvalue weighted by Crippen LogP contribution is -2.37. The molecule has 3 aliphatic rings. The summed E-state index contributed by atoms with van der Waals surface area (Å²) in [6.45, 7) is 7.65. The van der Waals surface area contributed by atoms with Crippen molar-refractivity contribution in [3.05, 3.63) is 99.7 Å². The largest absolute Gasteiger partial charge is 0.356 e. The first kappa shape index (κ1) is 34.4. The molecule has 0 spiro atoms. The van der Waals surface area contributed by atoms with Gasteiger partial charge < -0.3 is 19.2 Å². The van der Waals surface area contributed by atoms with Gasteiger partial charge >= 0.3 is 0 Å². The maximum absolute atomic E-state index is 13.4. The summed E-state index contributed by atoms with van der Waals surface area (Å²) in [5.74, 6) is 2.07. The van der Waals surface area contributed by atoms with Gasteiger partial charge in [-0.1, -0.05) is 29.1 Å². The Hall–Kier alpha value is -4.06. The molecule has 0 N–H and O–H groups in total. The Kier molecular flexibility index (Phi) is 10.6. The molecule has 0 unspecified atom stereocenters. The van der Waals surface area contributed by atoms with Gasteiger partial charge in [-0.25, -0.2) is 14.4 Å². The number of piperidine rings is 1. The summed E-state index contributed by atoms with van der Waals surface area (Å²) in [7, 11) is 4.23. The second kappa shape index (κ2) is 15.4. The van der Waals surface area contributed by atoms with Crippen molar-refractivity contribution in [2.24, 2.45) is 0 Å². The molecule has 1 fully saturated rings. The second-order valence-corrected chi connectivity index (χ2v) is 14.9. The Morgan fingerprint density at radius 2 is 1.82 bits per heavy atom. The number of aryl methyl sites for hydroxylation is 2. The lowest BCUT2D eigenvalue weighted by Gasteiger charge is -2.31. The normalized spacial score (nSPS) is 16.1. The first-order chi connectivity index (χ1) is 24.4. The van der Waals surface area contributed by atoms with E-state index in [0.29, 0.717) is 11.5 Å². The maximum atomic E-state index is 13.4. The van der Waals surface area contributed by atoms with Crippen LogP contribution in [0.5, 0.6) is 0 Å². The number of nitrogens with zero attached hydrogens (tertiary/aromatic N) is 7. The van der Waals surface area contributed by atoms with Crippen LogP contribution in [0, 0.1) is 12.7 Å². The highest BCUT2D eigenvalue weighted by atomic mass is 32.2. The van der Waals surface area contributed by atoms with E-state index in [4.69, 9.17) is 9.51 Å².